The molecule has 1 unspecified atom stereocenters. The monoisotopic (exact) mass is 201 g/mol. The molecule has 0 saturated heterocycles. The van der Waals surface area contributed by atoms with E-state index in [0.717, 1.165) is 6.29 Å². The average Bonchev–Trinajstić information content (AvgIpc) is 2.02. The molecule has 0 aliphatic carbocycles. The van der Waals surface area contributed by atoms with Crippen molar-refractivity contribution < 1.29 is 14.7 Å². The fourth-order valence-electron chi connectivity index (χ4n) is 1.28. The molecule has 0 bridgehead atoms. The molecule has 0 aliphatic rings. The van der Waals surface area contributed by atoms with Gasteiger partial charge in [0.1, 0.15) is 6.29 Å². The van der Waals surface area contributed by atoms with Crippen LogP contribution in [0.3, 0.4) is 0 Å². The van der Waals surface area contributed by atoms with Crippen LogP contribution in [0.25, 0.3) is 0 Å². The van der Waals surface area contributed by atoms with Crippen LogP contribution in [-0.2, 0) is 9.59 Å². The van der Waals surface area contributed by atoms with Gasteiger partial charge in [0.2, 0.25) is 0 Å². The zero-order valence-electron chi connectivity index (χ0n) is 9.50. The van der Waals surface area contributed by atoms with E-state index in [-0.39, 0.29) is 0 Å². The van der Waals surface area contributed by atoms with E-state index in [1.165, 1.54) is 0 Å². The first-order chi connectivity index (χ1) is 6.15. The lowest BCUT2D eigenvalue weighted by molar-refractivity contribution is -0.149. The normalized spacial score (nSPS) is 16.4. The number of carboxylic acids is 1. The molecule has 0 aromatic rings. The molecule has 0 aliphatic heterocycles. The Labute approximate surface area is 84.9 Å². The van der Waals surface area contributed by atoms with Gasteiger partial charge in [0.25, 0.3) is 0 Å². The maximum absolute atomic E-state index is 10.9. The molecule has 1 N–H and O–H groups in total. The number of carbonyl (C=O) groups is 2. The van der Waals surface area contributed by atoms with Crippen molar-refractivity contribution in [2.75, 3.05) is 14.1 Å². The van der Waals surface area contributed by atoms with Crippen LogP contribution in [0.4, 0.5) is 0 Å². The highest BCUT2D eigenvalue weighted by Gasteiger charge is 2.38. The predicted molar refractivity (Wildman–Crippen MR) is 54.2 cm³/mol. The summed E-state index contributed by atoms with van der Waals surface area (Å²) in [5.41, 5.74) is -1.61. The molecular weight excluding hydrogens is 182 g/mol. The molecule has 0 saturated carbocycles. The molecule has 1 atom stereocenters. The first-order valence-corrected chi connectivity index (χ1v) is 4.53. The van der Waals surface area contributed by atoms with E-state index in [1.807, 2.05) is 0 Å². The molecule has 0 radical (unpaired) electrons. The molecule has 0 aromatic carbocycles. The van der Waals surface area contributed by atoms with Crippen molar-refractivity contribution in [2.24, 2.45) is 5.41 Å². The van der Waals surface area contributed by atoms with E-state index in [0.29, 0.717) is 6.42 Å². The summed E-state index contributed by atoms with van der Waals surface area (Å²) in [5.74, 6) is -0.882. The number of likely N-dealkylation sites (N-methyl/N-ethyl adjacent to an activating group) is 1. The third kappa shape index (κ3) is 2.80. The molecule has 0 amide bonds. The Morgan fingerprint density at radius 1 is 1.36 bits per heavy atom. The first kappa shape index (κ1) is 13.1. The van der Waals surface area contributed by atoms with Gasteiger partial charge < -0.3 is 9.90 Å². The van der Waals surface area contributed by atoms with Gasteiger partial charge in [-0.15, -0.1) is 0 Å². The molecule has 0 fully saturated rings. The Kier molecular flexibility index (Phi) is 3.82. The number of aldehydes is 1. The third-order valence-corrected chi connectivity index (χ3v) is 2.65. The van der Waals surface area contributed by atoms with Gasteiger partial charge in [0.15, 0.2) is 0 Å². The Hall–Kier alpha value is -0.900. The standard InChI is InChI=1S/C10H19NO3/c1-9(2,8(13)14)6-10(3,7-12)11(4)5/h7H,6H2,1-5H3,(H,13,14). The number of carbonyl (C=O) groups excluding carboxylic acids is 1. The van der Waals surface area contributed by atoms with E-state index < -0.39 is 16.9 Å². The number of hydrogen-bond acceptors (Lipinski definition) is 3. The Morgan fingerprint density at radius 3 is 2.00 bits per heavy atom. The highest BCUT2D eigenvalue weighted by atomic mass is 16.4. The van der Waals surface area contributed by atoms with Gasteiger partial charge in [-0.05, 0) is 41.3 Å². The quantitative estimate of drug-likeness (QED) is 0.674. The van der Waals surface area contributed by atoms with Crippen LogP contribution in [-0.4, -0.2) is 41.9 Å². The van der Waals surface area contributed by atoms with Gasteiger partial charge in [-0.25, -0.2) is 0 Å². The Bertz CT molecular complexity index is 236. The van der Waals surface area contributed by atoms with Crippen molar-refractivity contribution in [3.8, 4) is 0 Å². The molecular formula is C10H19NO3. The first-order valence-electron chi connectivity index (χ1n) is 4.53. The van der Waals surface area contributed by atoms with Gasteiger partial charge in [0.05, 0.1) is 11.0 Å². The summed E-state index contributed by atoms with van der Waals surface area (Å²) in [7, 11) is 3.54. The second kappa shape index (κ2) is 4.09. The highest BCUT2D eigenvalue weighted by Crippen LogP contribution is 2.29. The minimum Gasteiger partial charge on any atom is -0.481 e. The molecule has 4 nitrogen and oxygen atoms in total. The number of carboxylic acid groups (broad SMARTS) is 1. The van der Waals surface area contributed by atoms with E-state index in [1.54, 1.807) is 39.8 Å². The van der Waals surface area contributed by atoms with Gasteiger partial charge in [-0.3, -0.25) is 9.69 Å². The van der Waals surface area contributed by atoms with Crippen molar-refractivity contribution in [1.29, 1.82) is 0 Å². The van der Waals surface area contributed by atoms with Crippen molar-refractivity contribution in [1.82, 2.24) is 4.90 Å². The Balaban J connectivity index is 4.79. The van der Waals surface area contributed by atoms with Crippen LogP contribution in [0, 0.1) is 5.41 Å². The van der Waals surface area contributed by atoms with Crippen molar-refractivity contribution in [3.63, 3.8) is 0 Å². The zero-order chi connectivity index (χ0) is 11.6. The fourth-order valence-corrected chi connectivity index (χ4v) is 1.28. The maximum Gasteiger partial charge on any atom is 0.309 e. The lowest BCUT2D eigenvalue weighted by atomic mass is 9.79. The summed E-state index contributed by atoms with van der Waals surface area (Å²) < 4.78 is 0. The van der Waals surface area contributed by atoms with E-state index in [2.05, 4.69) is 0 Å². The summed E-state index contributed by atoms with van der Waals surface area (Å²) in [6.45, 7) is 4.99. The molecule has 14 heavy (non-hydrogen) atoms. The molecule has 0 aromatic heterocycles. The summed E-state index contributed by atoms with van der Waals surface area (Å²) in [6, 6.07) is 0. The fraction of sp³-hybridized carbons (Fsp3) is 0.800. The predicted octanol–water partition coefficient (Wildman–Crippen LogP) is 1.01. The molecule has 0 rings (SSSR count). The summed E-state index contributed by atoms with van der Waals surface area (Å²) >= 11 is 0. The molecule has 0 heterocycles. The van der Waals surface area contributed by atoms with Gasteiger partial charge >= 0.3 is 5.97 Å². The SMILES string of the molecule is CN(C)C(C)(C=O)CC(C)(C)C(=O)O. The van der Waals surface area contributed by atoms with Crippen molar-refractivity contribution >= 4 is 12.3 Å². The van der Waals surface area contributed by atoms with E-state index in [9.17, 15) is 9.59 Å². The van der Waals surface area contributed by atoms with E-state index in [4.69, 9.17) is 5.11 Å². The maximum atomic E-state index is 10.9. The minimum atomic E-state index is -0.889. The van der Waals surface area contributed by atoms with Gasteiger partial charge in [0, 0.05) is 0 Å². The van der Waals surface area contributed by atoms with Crippen LogP contribution in [0.2, 0.25) is 0 Å². The van der Waals surface area contributed by atoms with Crippen LogP contribution in [0.15, 0.2) is 0 Å². The lowest BCUT2D eigenvalue weighted by Gasteiger charge is -2.36. The number of rotatable bonds is 5. The summed E-state index contributed by atoms with van der Waals surface area (Å²) in [5, 5.41) is 8.95. The summed E-state index contributed by atoms with van der Waals surface area (Å²) in [6.07, 6.45) is 1.10. The smallest absolute Gasteiger partial charge is 0.309 e. The minimum absolute atomic E-state index is 0.297. The second-order valence-electron chi connectivity index (χ2n) is 4.74. The van der Waals surface area contributed by atoms with Crippen LogP contribution in [0.1, 0.15) is 27.2 Å². The number of hydrogen-bond donors (Lipinski definition) is 1. The van der Waals surface area contributed by atoms with E-state index >= 15 is 0 Å². The molecule has 4 heteroatoms. The largest absolute Gasteiger partial charge is 0.481 e. The molecule has 0 spiro atoms. The highest BCUT2D eigenvalue weighted by molar-refractivity contribution is 5.75. The third-order valence-electron chi connectivity index (χ3n) is 2.65. The molecule has 82 valence electrons. The van der Waals surface area contributed by atoms with Crippen molar-refractivity contribution in [3.05, 3.63) is 0 Å². The lowest BCUT2D eigenvalue weighted by Crippen LogP contribution is -2.47. The van der Waals surface area contributed by atoms with Gasteiger partial charge in [-0.2, -0.15) is 0 Å². The van der Waals surface area contributed by atoms with Crippen molar-refractivity contribution in [2.45, 2.75) is 32.7 Å². The Morgan fingerprint density at radius 2 is 1.79 bits per heavy atom. The number of nitrogens with zero attached hydrogens (tertiary/aromatic N) is 1. The van der Waals surface area contributed by atoms with Crippen LogP contribution >= 0.6 is 0 Å². The zero-order valence-corrected chi connectivity index (χ0v) is 9.50. The summed E-state index contributed by atoms with van der Waals surface area (Å²) in [4.78, 5) is 23.6. The average molecular weight is 201 g/mol. The number of aliphatic carboxylic acids is 1. The van der Waals surface area contributed by atoms with Crippen LogP contribution in [0.5, 0.6) is 0 Å². The van der Waals surface area contributed by atoms with Crippen LogP contribution < -0.4 is 0 Å². The van der Waals surface area contributed by atoms with Gasteiger partial charge in [-0.1, -0.05) is 0 Å². The topological polar surface area (TPSA) is 57.6 Å². The second-order valence-corrected chi connectivity index (χ2v) is 4.74.